The summed E-state index contributed by atoms with van der Waals surface area (Å²) in [6.45, 7) is 1.38. The fourth-order valence-electron chi connectivity index (χ4n) is 2.40. The fourth-order valence-corrected chi connectivity index (χ4v) is 2.62. The van der Waals surface area contributed by atoms with Crippen LogP contribution in [0, 0.1) is 0 Å². The normalized spacial score (nSPS) is 20.9. The van der Waals surface area contributed by atoms with Crippen molar-refractivity contribution < 1.29 is 4.74 Å². The summed E-state index contributed by atoms with van der Waals surface area (Å²) < 4.78 is 7.20. The van der Waals surface area contributed by atoms with E-state index in [4.69, 9.17) is 16.3 Å². The van der Waals surface area contributed by atoms with E-state index in [1.807, 2.05) is 12.1 Å². The first-order chi connectivity index (χ1) is 8.27. The zero-order valence-electron chi connectivity index (χ0n) is 9.28. The molecule has 0 saturated carbocycles. The molecule has 3 rings (SSSR count). The van der Waals surface area contributed by atoms with Crippen LogP contribution in [0.4, 0.5) is 0 Å². The Morgan fingerprint density at radius 2 is 2.35 bits per heavy atom. The van der Waals surface area contributed by atoms with E-state index in [-0.39, 0.29) is 11.7 Å². The molecule has 1 unspecified atom stereocenters. The molecule has 0 bridgehead atoms. The van der Waals surface area contributed by atoms with Crippen LogP contribution in [0.1, 0.15) is 18.9 Å². The Bertz CT molecular complexity index is 596. The molecule has 1 aromatic heterocycles. The Morgan fingerprint density at radius 3 is 3.12 bits per heavy atom. The molecule has 2 heterocycles. The SMILES string of the molecule is O=c1[nH]c2c(Cl)cccc2n1C1CCCOC1. The predicted molar refractivity (Wildman–Crippen MR) is 66.7 cm³/mol. The van der Waals surface area contributed by atoms with Gasteiger partial charge in [-0.3, -0.25) is 4.57 Å². The number of rotatable bonds is 1. The monoisotopic (exact) mass is 252 g/mol. The second-order valence-electron chi connectivity index (χ2n) is 4.31. The van der Waals surface area contributed by atoms with Gasteiger partial charge in [0.1, 0.15) is 0 Å². The summed E-state index contributed by atoms with van der Waals surface area (Å²) in [6.07, 6.45) is 1.96. The van der Waals surface area contributed by atoms with Crippen LogP contribution < -0.4 is 5.69 Å². The minimum Gasteiger partial charge on any atom is -0.379 e. The number of para-hydroxylation sites is 1. The van der Waals surface area contributed by atoms with Crippen LogP contribution in [0.5, 0.6) is 0 Å². The first kappa shape index (κ1) is 10.9. The lowest BCUT2D eigenvalue weighted by atomic mass is 10.1. The van der Waals surface area contributed by atoms with Crippen molar-refractivity contribution in [1.82, 2.24) is 9.55 Å². The summed E-state index contributed by atoms with van der Waals surface area (Å²) in [5.74, 6) is 0. The van der Waals surface area contributed by atoms with Crippen molar-refractivity contribution in [2.75, 3.05) is 13.2 Å². The molecular formula is C12H13ClN2O2. The molecule has 1 N–H and O–H groups in total. The minimum absolute atomic E-state index is 0.108. The molecule has 1 saturated heterocycles. The Kier molecular flexibility index (Phi) is 2.68. The van der Waals surface area contributed by atoms with E-state index in [1.165, 1.54) is 0 Å². The first-order valence-corrected chi connectivity index (χ1v) is 6.11. The molecule has 1 atom stereocenters. The number of hydrogen-bond acceptors (Lipinski definition) is 2. The molecule has 1 fully saturated rings. The van der Waals surface area contributed by atoms with E-state index in [2.05, 4.69) is 4.98 Å². The third kappa shape index (κ3) is 1.77. The zero-order chi connectivity index (χ0) is 11.8. The summed E-state index contributed by atoms with van der Waals surface area (Å²) >= 11 is 6.07. The molecule has 0 amide bonds. The molecule has 90 valence electrons. The maximum atomic E-state index is 12.0. The maximum absolute atomic E-state index is 12.0. The lowest BCUT2D eigenvalue weighted by molar-refractivity contribution is 0.0595. The molecule has 0 radical (unpaired) electrons. The number of aromatic amines is 1. The number of ether oxygens (including phenoxy) is 1. The highest BCUT2D eigenvalue weighted by atomic mass is 35.5. The number of benzene rings is 1. The molecule has 5 heteroatoms. The molecule has 17 heavy (non-hydrogen) atoms. The number of H-pyrrole nitrogens is 1. The number of aromatic nitrogens is 2. The van der Waals surface area contributed by atoms with Crippen molar-refractivity contribution in [2.45, 2.75) is 18.9 Å². The van der Waals surface area contributed by atoms with E-state index < -0.39 is 0 Å². The van der Waals surface area contributed by atoms with Gasteiger partial charge in [-0.15, -0.1) is 0 Å². The van der Waals surface area contributed by atoms with Crippen LogP contribution in [0.2, 0.25) is 5.02 Å². The number of hydrogen-bond donors (Lipinski definition) is 1. The lowest BCUT2D eigenvalue weighted by Gasteiger charge is -2.23. The Hall–Kier alpha value is -1.26. The van der Waals surface area contributed by atoms with Crippen molar-refractivity contribution >= 4 is 22.6 Å². The smallest absolute Gasteiger partial charge is 0.326 e. The van der Waals surface area contributed by atoms with Gasteiger partial charge in [0.25, 0.3) is 0 Å². The fraction of sp³-hybridized carbons (Fsp3) is 0.417. The third-order valence-corrected chi connectivity index (χ3v) is 3.52. The van der Waals surface area contributed by atoms with Gasteiger partial charge in [0, 0.05) is 6.61 Å². The lowest BCUT2D eigenvalue weighted by Crippen LogP contribution is -2.28. The quantitative estimate of drug-likeness (QED) is 0.847. The highest BCUT2D eigenvalue weighted by Gasteiger charge is 2.20. The van der Waals surface area contributed by atoms with Crippen LogP contribution >= 0.6 is 11.6 Å². The number of nitrogens with zero attached hydrogens (tertiary/aromatic N) is 1. The van der Waals surface area contributed by atoms with Gasteiger partial charge < -0.3 is 9.72 Å². The summed E-state index contributed by atoms with van der Waals surface area (Å²) in [6, 6.07) is 5.66. The number of fused-ring (bicyclic) bond motifs is 1. The van der Waals surface area contributed by atoms with E-state index in [1.54, 1.807) is 10.6 Å². The average Bonchev–Trinajstić information content (AvgIpc) is 2.68. The van der Waals surface area contributed by atoms with Crippen molar-refractivity contribution in [3.63, 3.8) is 0 Å². The van der Waals surface area contributed by atoms with Crippen LogP contribution in [0.25, 0.3) is 11.0 Å². The van der Waals surface area contributed by atoms with Crippen LogP contribution in [0.3, 0.4) is 0 Å². The maximum Gasteiger partial charge on any atom is 0.326 e. The van der Waals surface area contributed by atoms with Crippen molar-refractivity contribution in [1.29, 1.82) is 0 Å². The molecule has 0 aliphatic carbocycles. The second-order valence-corrected chi connectivity index (χ2v) is 4.71. The number of halogens is 1. The highest BCUT2D eigenvalue weighted by Crippen LogP contribution is 2.25. The van der Waals surface area contributed by atoms with Crippen molar-refractivity contribution in [3.05, 3.63) is 33.7 Å². The van der Waals surface area contributed by atoms with Gasteiger partial charge in [-0.05, 0) is 25.0 Å². The van der Waals surface area contributed by atoms with E-state index in [9.17, 15) is 4.79 Å². The highest BCUT2D eigenvalue weighted by molar-refractivity contribution is 6.34. The Balaban J connectivity index is 2.18. The summed E-state index contributed by atoms with van der Waals surface area (Å²) in [5, 5.41) is 0.579. The number of imidazole rings is 1. The van der Waals surface area contributed by atoms with Gasteiger partial charge in [0.05, 0.1) is 28.7 Å². The molecule has 4 nitrogen and oxygen atoms in total. The van der Waals surface area contributed by atoms with Gasteiger partial charge in [-0.2, -0.15) is 0 Å². The van der Waals surface area contributed by atoms with Crippen LogP contribution in [0.15, 0.2) is 23.0 Å². The zero-order valence-corrected chi connectivity index (χ0v) is 10.0. The molecule has 0 spiro atoms. The van der Waals surface area contributed by atoms with Gasteiger partial charge in [-0.25, -0.2) is 4.79 Å². The Morgan fingerprint density at radius 1 is 1.47 bits per heavy atom. The van der Waals surface area contributed by atoms with Gasteiger partial charge in [-0.1, -0.05) is 17.7 Å². The van der Waals surface area contributed by atoms with Gasteiger partial charge in [0.15, 0.2) is 0 Å². The molecular weight excluding hydrogens is 240 g/mol. The Labute approximate surface area is 103 Å². The van der Waals surface area contributed by atoms with Crippen LogP contribution in [-0.4, -0.2) is 22.8 Å². The molecule has 1 aliphatic rings. The van der Waals surface area contributed by atoms with Crippen molar-refractivity contribution in [3.8, 4) is 0 Å². The topological polar surface area (TPSA) is 47.0 Å². The van der Waals surface area contributed by atoms with Gasteiger partial charge in [0.2, 0.25) is 0 Å². The van der Waals surface area contributed by atoms with E-state index >= 15 is 0 Å². The number of nitrogens with one attached hydrogen (secondary N) is 1. The molecule has 2 aromatic rings. The predicted octanol–water partition coefficient (Wildman–Crippen LogP) is 2.33. The minimum atomic E-state index is -0.108. The largest absolute Gasteiger partial charge is 0.379 e. The van der Waals surface area contributed by atoms with Crippen molar-refractivity contribution in [2.24, 2.45) is 0 Å². The molecule has 1 aromatic carbocycles. The van der Waals surface area contributed by atoms with E-state index in [0.717, 1.165) is 25.0 Å². The summed E-state index contributed by atoms with van der Waals surface area (Å²) in [4.78, 5) is 14.8. The van der Waals surface area contributed by atoms with Crippen LogP contribution in [-0.2, 0) is 4.74 Å². The standard InChI is InChI=1S/C12H13ClN2O2/c13-9-4-1-5-10-11(9)14-12(16)15(10)8-3-2-6-17-7-8/h1,4-5,8H,2-3,6-7H2,(H,14,16). The average molecular weight is 253 g/mol. The summed E-state index contributed by atoms with van der Waals surface area (Å²) in [7, 11) is 0. The van der Waals surface area contributed by atoms with E-state index in [0.29, 0.717) is 17.1 Å². The second kappa shape index (κ2) is 4.20. The third-order valence-electron chi connectivity index (χ3n) is 3.20. The summed E-state index contributed by atoms with van der Waals surface area (Å²) in [5.41, 5.74) is 1.46. The first-order valence-electron chi connectivity index (χ1n) is 5.74. The van der Waals surface area contributed by atoms with Gasteiger partial charge >= 0.3 is 5.69 Å². The molecule has 1 aliphatic heterocycles.